The normalized spacial score (nSPS) is 17.5. The van der Waals surface area contributed by atoms with Crippen molar-refractivity contribution < 1.29 is 4.79 Å². The molecule has 26 heavy (non-hydrogen) atoms. The van der Waals surface area contributed by atoms with E-state index >= 15 is 0 Å². The molecule has 1 aromatic carbocycles. The van der Waals surface area contributed by atoms with E-state index in [1.54, 1.807) is 6.20 Å². The van der Waals surface area contributed by atoms with E-state index < -0.39 is 0 Å². The van der Waals surface area contributed by atoms with E-state index in [2.05, 4.69) is 29.0 Å². The van der Waals surface area contributed by atoms with Crippen LogP contribution in [0.3, 0.4) is 0 Å². The molecule has 0 radical (unpaired) electrons. The molecule has 5 heteroatoms. The molecule has 1 aliphatic heterocycles. The molecule has 0 unspecified atom stereocenters. The van der Waals surface area contributed by atoms with Crippen LogP contribution in [0.2, 0.25) is 0 Å². The monoisotopic (exact) mass is 352 g/mol. The second-order valence-electron chi connectivity index (χ2n) is 7.29. The predicted octanol–water partition coefficient (Wildman–Crippen LogP) is 3.40. The summed E-state index contributed by atoms with van der Waals surface area (Å²) in [4.78, 5) is 26.5. The molecule has 1 aromatic heterocycles. The van der Waals surface area contributed by atoms with Crippen molar-refractivity contribution in [3.8, 4) is 11.3 Å². The molecule has 3 rings (SSSR count). The van der Waals surface area contributed by atoms with Crippen LogP contribution in [-0.2, 0) is 0 Å². The number of hydrogen-bond acceptors (Lipinski definition) is 4. The third-order valence-corrected chi connectivity index (χ3v) is 4.98. The maximum absolute atomic E-state index is 13.4. The van der Waals surface area contributed by atoms with Gasteiger partial charge in [-0.05, 0) is 53.2 Å². The molecular weight excluding hydrogens is 324 g/mol. The fourth-order valence-corrected chi connectivity index (χ4v) is 3.57. The van der Waals surface area contributed by atoms with Crippen molar-refractivity contribution in [2.75, 3.05) is 27.2 Å². The summed E-state index contributed by atoms with van der Waals surface area (Å²) in [5.74, 6) is 0.746. The second kappa shape index (κ2) is 8.41. The van der Waals surface area contributed by atoms with E-state index in [4.69, 9.17) is 0 Å². The Bertz CT molecular complexity index is 745. The summed E-state index contributed by atoms with van der Waals surface area (Å²) in [6.45, 7) is 3.67. The van der Waals surface area contributed by atoms with Crippen molar-refractivity contribution in [2.24, 2.45) is 0 Å². The zero-order valence-corrected chi connectivity index (χ0v) is 16.0. The minimum Gasteiger partial charge on any atom is -0.336 e. The van der Waals surface area contributed by atoms with E-state index in [-0.39, 0.29) is 5.91 Å². The van der Waals surface area contributed by atoms with Gasteiger partial charge >= 0.3 is 0 Å². The summed E-state index contributed by atoms with van der Waals surface area (Å²) >= 11 is 0. The van der Waals surface area contributed by atoms with Gasteiger partial charge in [0.2, 0.25) is 0 Å². The Morgan fingerprint density at radius 1 is 1.23 bits per heavy atom. The van der Waals surface area contributed by atoms with Crippen molar-refractivity contribution in [3.05, 3.63) is 47.9 Å². The summed E-state index contributed by atoms with van der Waals surface area (Å²) in [5.41, 5.74) is 2.31. The highest BCUT2D eigenvalue weighted by atomic mass is 16.2. The number of likely N-dealkylation sites (tertiary alicyclic amines) is 1. The van der Waals surface area contributed by atoms with Gasteiger partial charge in [-0.1, -0.05) is 30.3 Å². The summed E-state index contributed by atoms with van der Waals surface area (Å²) in [6, 6.07) is 10.2. The number of carbonyl (C=O) groups excluding carboxylic acids is 1. The number of nitrogens with zero attached hydrogens (tertiary/aromatic N) is 4. The lowest BCUT2D eigenvalue weighted by atomic mass is 9.97. The van der Waals surface area contributed by atoms with E-state index in [9.17, 15) is 4.79 Å². The van der Waals surface area contributed by atoms with Crippen LogP contribution < -0.4 is 0 Å². The molecule has 1 amide bonds. The first-order valence-corrected chi connectivity index (χ1v) is 9.41. The average Bonchev–Trinajstić information content (AvgIpc) is 2.66. The molecule has 0 bridgehead atoms. The molecule has 1 atom stereocenters. The van der Waals surface area contributed by atoms with E-state index in [0.29, 0.717) is 17.4 Å². The first-order valence-electron chi connectivity index (χ1n) is 9.41. The number of amides is 1. The number of aryl methyl sites for hydroxylation is 1. The third-order valence-electron chi connectivity index (χ3n) is 4.98. The molecule has 138 valence electrons. The molecule has 2 aromatic rings. The quantitative estimate of drug-likeness (QED) is 0.827. The van der Waals surface area contributed by atoms with E-state index in [0.717, 1.165) is 43.6 Å². The van der Waals surface area contributed by atoms with Crippen LogP contribution in [0.4, 0.5) is 0 Å². The van der Waals surface area contributed by atoms with Gasteiger partial charge in [0.1, 0.15) is 5.82 Å². The summed E-state index contributed by atoms with van der Waals surface area (Å²) < 4.78 is 0. The SMILES string of the molecule is Cc1ncc(C(=O)N2CCCC[C@H]2CCN(C)C)c(-c2ccccc2)n1. The topological polar surface area (TPSA) is 49.3 Å². The number of carbonyl (C=O) groups is 1. The number of hydrogen-bond donors (Lipinski definition) is 0. The molecule has 0 aliphatic carbocycles. The Hall–Kier alpha value is -2.27. The number of benzene rings is 1. The van der Waals surface area contributed by atoms with Crippen molar-refractivity contribution in [1.82, 2.24) is 19.8 Å². The number of aromatic nitrogens is 2. The van der Waals surface area contributed by atoms with Gasteiger partial charge in [0.15, 0.2) is 0 Å². The van der Waals surface area contributed by atoms with Crippen molar-refractivity contribution in [2.45, 2.75) is 38.6 Å². The van der Waals surface area contributed by atoms with Gasteiger partial charge in [-0.3, -0.25) is 4.79 Å². The van der Waals surface area contributed by atoms with Crippen LogP contribution in [0.15, 0.2) is 36.5 Å². The van der Waals surface area contributed by atoms with Gasteiger partial charge in [-0.15, -0.1) is 0 Å². The smallest absolute Gasteiger partial charge is 0.257 e. The van der Waals surface area contributed by atoms with Gasteiger partial charge in [-0.25, -0.2) is 9.97 Å². The van der Waals surface area contributed by atoms with Crippen LogP contribution in [-0.4, -0.2) is 58.9 Å². The maximum atomic E-state index is 13.4. The molecule has 2 heterocycles. The average molecular weight is 352 g/mol. The van der Waals surface area contributed by atoms with Gasteiger partial charge in [0.25, 0.3) is 5.91 Å². The molecule has 1 aliphatic rings. The summed E-state index contributed by atoms with van der Waals surface area (Å²) in [7, 11) is 4.16. The third kappa shape index (κ3) is 4.28. The van der Waals surface area contributed by atoms with E-state index in [1.807, 2.05) is 42.2 Å². The Kier molecular flexibility index (Phi) is 5.99. The van der Waals surface area contributed by atoms with E-state index in [1.165, 1.54) is 6.42 Å². The fraction of sp³-hybridized carbons (Fsp3) is 0.476. The second-order valence-corrected chi connectivity index (χ2v) is 7.29. The van der Waals surface area contributed by atoms with Crippen LogP contribution >= 0.6 is 0 Å². The highest BCUT2D eigenvalue weighted by molar-refractivity contribution is 5.99. The van der Waals surface area contributed by atoms with Gasteiger partial charge < -0.3 is 9.80 Å². The first kappa shape index (κ1) is 18.5. The Morgan fingerprint density at radius 2 is 2.00 bits per heavy atom. The number of rotatable bonds is 5. The molecule has 0 N–H and O–H groups in total. The largest absolute Gasteiger partial charge is 0.336 e. The highest BCUT2D eigenvalue weighted by Crippen LogP contribution is 2.26. The van der Waals surface area contributed by atoms with Gasteiger partial charge in [-0.2, -0.15) is 0 Å². The van der Waals surface area contributed by atoms with Crippen LogP contribution in [0.5, 0.6) is 0 Å². The molecule has 1 saturated heterocycles. The maximum Gasteiger partial charge on any atom is 0.257 e. The van der Waals surface area contributed by atoms with Crippen molar-refractivity contribution in [1.29, 1.82) is 0 Å². The van der Waals surface area contributed by atoms with Crippen LogP contribution in [0.25, 0.3) is 11.3 Å². The fourth-order valence-electron chi connectivity index (χ4n) is 3.57. The van der Waals surface area contributed by atoms with Crippen molar-refractivity contribution >= 4 is 5.91 Å². The molecule has 0 saturated carbocycles. The summed E-state index contributed by atoms with van der Waals surface area (Å²) in [5, 5.41) is 0. The van der Waals surface area contributed by atoms with Crippen molar-refractivity contribution in [3.63, 3.8) is 0 Å². The Balaban J connectivity index is 1.91. The zero-order chi connectivity index (χ0) is 18.5. The highest BCUT2D eigenvalue weighted by Gasteiger charge is 2.29. The van der Waals surface area contributed by atoms with Gasteiger partial charge in [0.05, 0.1) is 11.3 Å². The molecule has 1 fully saturated rings. The minimum absolute atomic E-state index is 0.0623. The molecule has 0 spiro atoms. The first-order chi connectivity index (χ1) is 12.6. The molecular formula is C21H28N4O. The van der Waals surface area contributed by atoms with Crippen LogP contribution in [0.1, 0.15) is 41.9 Å². The lowest BCUT2D eigenvalue weighted by Gasteiger charge is -2.36. The Morgan fingerprint density at radius 3 is 2.73 bits per heavy atom. The molecule has 5 nitrogen and oxygen atoms in total. The van der Waals surface area contributed by atoms with Crippen LogP contribution in [0, 0.1) is 6.92 Å². The lowest BCUT2D eigenvalue weighted by molar-refractivity contribution is 0.0591. The standard InChI is InChI=1S/C21H28N4O/c1-16-22-15-19(20(23-16)17-9-5-4-6-10-17)21(26)25-13-8-7-11-18(25)12-14-24(2)3/h4-6,9-10,15,18H,7-8,11-14H2,1-3H3/t18-/m0/s1. The zero-order valence-electron chi connectivity index (χ0n) is 16.0. The number of piperidine rings is 1. The predicted molar refractivity (Wildman–Crippen MR) is 104 cm³/mol. The van der Waals surface area contributed by atoms with Gasteiger partial charge in [0, 0.05) is 24.3 Å². The lowest BCUT2D eigenvalue weighted by Crippen LogP contribution is -2.45. The Labute approximate surface area is 156 Å². The minimum atomic E-state index is 0.0623. The summed E-state index contributed by atoms with van der Waals surface area (Å²) in [6.07, 6.45) is 6.04.